The van der Waals surface area contributed by atoms with Crippen molar-refractivity contribution in [2.45, 2.75) is 103 Å². The van der Waals surface area contributed by atoms with Crippen LogP contribution in [0.5, 0.6) is 0 Å². The molecule has 0 saturated heterocycles. The molecule has 1 N–H and O–H groups in total. The molecule has 0 bridgehead atoms. The molecule has 0 fully saturated rings. The summed E-state index contributed by atoms with van der Waals surface area (Å²) in [5, 5.41) is 8.57. The normalized spacial score (nSPS) is 11.2. The SMILES string of the molecule is CCCCCCCC/C=C\CCCCCCCCOC(=O)CCO. The Kier molecular flexibility index (Phi) is 19.5. The fourth-order valence-electron chi connectivity index (χ4n) is 2.70. The second-order valence-electron chi connectivity index (χ2n) is 6.63. The lowest BCUT2D eigenvalue weighted by Crippen LogP contribution is -2.07. The van der Waals surface area contributed by atoms with Crippen molar-refractivity contribution in [3.05, 3.63) is 12.2 Å². The van der Waals surface area contributed by atoms with Gasteiger partial charge in [-0.3, -0.25) is 4.79 Å². The molecule has 0 aliphatic carbocycles. The Bertz CT molecular complexity index is 287. The van der Waals surface area contributed by atoms with Gasteiger partial charge in [0.1, 0.15) is 0 Å². The number of ether oxygens (including phenoxy) is 1. The highest BCUT2D eigenvalue weighted by molar-refractivity contribution is 5.69. The van der Waals surface area contributed by atoms with Gasteiger partial charge in [0, 0.05) is 0 Å². The molecule has 3 nitrogen and oxygen atoms in total. The summed E-state index contributed by atoms with van der Waals surface area (Å²) >= 11 is 0. The van der Waals surface area contributed by atoms with Crippen molar-refractivity contribution in [2.75, 3.05) is 13.2 Å². The van der Waals surface area contributed by atoms with Crippen LogP contribution in [-0.2, 0) is 9.53 Å². The number of hydrogen-bond acceptors (Lipinski definition) is 3. The summed E-state index contributed by atoms with van der Waals surface area (Å²) in [4.78, 5) is 11.0. The monoisotopic (exact) mass is 340 g/mol. The molecule has 0 aliphatic heterocycles. The first-order chi connectivity index (χ1) is 11.8. The van der Waals surface area contributed by atoms with Gasteiger partial charge in [0.15, 0.2) is 0 Å². The van der Waals surface area contributed by atoms with Gasteiger partial charge in [-0.15, -0.1) is 0 Å². The third-order valence-electron chi connectivity index (χ3n) is 4.24. The number of carbonyl (C=O) groups excluding carboxylic acids is 1. The number of aliphatic hydroxyl groups is 1. The van der Waals surface area contributed by atoms with Crippen molar-refractivity contribution in [1.82, 2.24) is 0 Å². The van der Waals surface area contributed by atoms with E-state index in [0.29, 0.717) is 6.61 Å². The number of hydrogen-bond donors (Lipinski definition) is 1. The fraction of sp³-hybridized carbons (Fsp3) is 0.857. The molecule has 0 rings (SSSR count). The second kappa shape index (κ2) is 20.2. The topological polar surface area (TPSA) is 46.5 Å². The molecule has 0 radical (unpaired) electrons. The summed E-state index contributed by atoms with van der Waals surface area (Å²) in [5.74, 6) is -0.287. The summed E-state index contributed by atoms with van der Waals surface area (Å²) < 4.78 is 4.99. The van der Waals surface area contributed by atoms with Gasteiger partial charge in [0.25, 0.3) is 0 Å². The molecule has 0 aromatic heterocycles. The van der Waals surface area contributed by atoms with E-state index in [2.05, 4.69) is 19.1 Å². The molecule has 0 heterocycles. The standard InChI is InChI=1S/C21H40O3/c1-2-3-4-5-6-7-8-9-10-11-12-13-14-15-16-17-20-24-21(23)18-19-22/h9-10,22H,2-8,11-20H2,1H3/b10-9-. The zero-order valence-electron chi connectivity index (χ0n) is 15.9. The van der Waals surface area contributed by atoms with E-state index < -0.39 is 0 Å². The zero-order valence-corrected chi connectivity index (χ0v) is 15.9. The van der Waals surface area contributed by atoms with Gasteiger partial charge in [-0.2, -0.15) is 0 Å². The third-order valence-corrected chi connectivity index (χ3v) is 4.24. The van der Waals surface area contributed by atoms with Gasteiger partial charge in [-0.05, 0) is 32.1 Å². The van der Waals surface area contributed by atoms with Crippen molar-refractivity contribution in [1.29, 1.82) is 0 Å². The average Bonchev–Trinajstić information content (AvgIpc) is 2.58. The maximum Gasteiger partial charge on any atom is 0.308 e. The minimum absolute atomic E-state index is 0.117. The van der Waals surface area contributed by atoms with Crippen LogP contribution in [0, 0.1) is 0 Å². The van der Waals surface area contributed by atoms with Crippen LogP contribution < -0.4 is 0 Å². The minimum Gasteiger partial charge on any atom is -0.466 e. The van der Waals surface area contributed by atoms with E-state index in [4.69, 9.17) is 9.84 Å². The van der Waals surface area contributed by atoms with Crippen LogP contribution in [0.1, 0.15) is 103 Å². The van der Waals surface area contributed by atoms with Gasteiger partial charge in [0.05, 0.1) is 19.6 Å². The van der Waals surface area contributed by atoms with E-state index in [1.165, 1.54) is 77.0 Å². The van der Waals surface area contributed by atoms with E-state index in [9.17, 15) is 4.79 Å². The van der Waals surface area contributed by atoms with Crippen molar-refractivity contribution in [2.24, 2.45) is 0 Å². The Morgan fingerprint density at radius 2 is 1.29 bits per heavy atom. The van der Waals surface area contributed by atoms with Crippen LogP contribution in [-0.4, -0.2) is 24.3 Å². The van der Waals surface area contributed by atoms with E-state index >= 15 is 0 Å². The van der Waals surface area contributed by atoms with Crippen molar-refractivity contribution in [3.8, 4) is 0 Å². The molecule has 0 spiro atoms. The molecule has 0 saturated carbocycles. The van der Waals surface area contributed by atoms with Crippen LogP contribution in [0.25, 0.3) is 0 Å². The summed E-state index contributed by atoms with van der Waals surface area (Å²) in [6, 6.07) is 0. The van der Waals surface area contributed by atoms with Crippen LogP contribution in [0.4, 0.5) is 0 Å². The lowest BCUT2D eigenvalue weighted by Gasteiger charge is -2.03. The predicted molar refractivity (Wildman–Crippen MR) is 102 cm³/mol. The van der Waals surface area contributed by atoms with Crippen LogP contribution in [0.2, 0.25) is 0 Å². The zero-order chi connectivity index (χ0) is 17.7. The van der Waals surface area contributed by atoms with E-state index in [1.54, 1.807) is 0 Å². The van der Waals surface area contributed by atoms with Crippen molar-refractivity contribution >= 4 is 5.97 Å². The Morgan fingerprint density at radius 3 is 1.83 bits per heavy atom. The van der Waals surface area contributed by atoms with Crippen LogP contribution in [0.3, 0.4) is 0 Å². The number of carbonyl (C=O) groups is 1. The molecular weight excluding hydrogens is 300 g/mol. The first-order valence-corrected chi connectivity index (χ1v) is 10.2. The fourth-order valence-corrected chi connectivity index (χ4v) is 2.70. The highest BCUT2D eigenvalue weighted by Gasteiger charge is 2.00. The van der Waals surface area contributed by atoms with E-state index in [1.807, 2.05) is 0 Å². The second-order valence-corrected chi connectivity index (χ2v) is 6.63. The highest BCUT2D eigenvalue weighted by Crippen LogP contribution is 2.10. The molecule has 0 aliphatic rings. The quantitative estimate of drug-likeness (QED) is 0.190. The number of unbranched alkanes of at least 4 members (excludes halogenated alkanes) is 12. The van der Waals surface area contributed by atoms with Crippen molar-refractivity contribution < 1.29 is 14.6 Å². The average molecular weight is 341 g/mol. The number of esters is 1. The number of allylic oxidation sites excluding steroid dienone is 2. The minimum atomic E-state index is -0.287. The molecule has 0 unspecified atom stereocenters. The van der Waals surface area contributed by atoms with Gasteiger partial charge >= 0.3 is 5.97 Å². The smallest absolute Gasteiger partial charge is 0.308 e. The first kappa shape index (κ1) is 23.2. The summed E-state index contributed by atoms with van der Waals surface area (Å²) in [7, 11) is 0. The molecule has 142 valence electrons. The molecule has 24 heavy (non-hydrogen) atoms. The van der Waals surface area contributed by atoms with Crippen molar-refractivity contribution in [3.63, 3.8) is 0 Å². The Balaban J connectivity index is 3.11. The molecule has 3 heteroatoms. The summed E-state index contributed by atoms with van der Waals surface area (Å²) in [6.45, 7) is 2.65. The Morgan fingerprint density at radius 1 is 0.792 bits per heavy atom. The summed E-state index contributed by atoms with van der Waals surface area (Å²) in [6.07, 6.45) is 22.7. The Hall–Kier alpha value is -0.830. The van der Waals surface area contributed by atoms with Gasteiger partial charge in [-0.1, -0.05) is 76.9 Å². The maximum absolute atomic E-state index is 11.0. The predicted octanol–water partition coefficient (Wildman–Crippen LogP) is 5.95. The van der Waals surface area contributed by atoms with E-state index in [-0.39, 0.29) is 19.0 Å². The van der Waals surface area contributed by atoms with Gasteiger partial charge in [-0.25, -0.2) is 0 Å². The lowest BCUT2D eigenvalue weighted by molar-refractivity contribution is -0.144. The lowest BCUT2D eigenvalue weighted by atomic mass is 10.1. The molecule has 0 amide bonds. The Labute approximate surface area is 149 Å². The summed E-state index contributed by atoms with van der Waals surface area (Å²) in [5.41, 5.74) is 0. The molecular formula is C21H40O3. The maximum atomic E-state index is 11.0. The molecule has 0 atom stereocenters. The first-order valence-electron chi connectivity index (χ1n) is 10.2. The van der Waals surface area contributed by atoms with Gasteiger partial charge < -0.3 is 9.84 Å². The molecule has 0 aromatic rings. The van der Waals surface area contributed by atoms with Crippen LogP contribution >= 0.6 is 0 Å². The third kappa shape index (κ3) is 19.2. The number of rotatable bonds is 18. The number of aliphatic hydroxyl groups excluding tert-OH is 1. The van der Waals surface area contributed by atoms with Crippen LogP contribution in [0.15, 0.2) is 12.2 Å². The largest absolute Gasteiger partial charge is 0.466 e. The van der Waals surface area contributed by atoms with E-state index in [0.717, 1.165) is 12.8 Å². The molecule has 0 aromatic carbocycles. The van der Waals surface area contributed by atoms with Gasteiger partial charge in [0.2, 0.25) is 0 Å². The highest BCUT2D eigenvalue weighted by atomic mass is 16.5.